The Morgan fingerprint density at radius 1 is 1.12 bits per heavy atom. The molecule has 0 radical (unpaired) electrons. The number of likely N-dealkylation sites (tertiary alicyclic amines) is 1. The van der Waals surface area contributed by atoms with Crippen LogP contribution in [-0.2, 0) is 4.79 Å². The van der Waals surface area contributed by atoms with Crippen LogP contribution in [0, 0.1) is 17.8 Å². The molecule has 2 aliphatic rings. The lowest BCUT2D eigenvalue weighted by Gasteiger charge is -2.47. The predicted octanol–water partition coefficient (Wildman–Crippen LogP) is 2.22. The van der Waals surface area contributed by atoms with Crippen molar-refractivity contribution in [2.24, 2.45) is 17.8 Å². The van der Waals surface area contributed by atoms with Crippen molar-refractivity contribution >= 4 is 5.97 Å². The van der Waals surface area contributed by atoms with Gasteiger partial charge in [-0.2, -0.15) is 0 Å². The molecule has 1 saturated carbocycles. The molecule has 92 valence electrons. The molecule has 16 heavy (non-hydrogen) atoms. The van der Waals surface area contributed by atoms with Gasteiger partial charge in [0, 0.05) is 19.1 Å². The number of nitrogens with zero attached hydrogens (tertiary/aromatic N) is 1. The molecule has 2 fully saturated rings. The number of carboxylic acid groups (broad SMARTS) is 1. The fraction of sp³-hybridized carbons (Fsp3) is 0.923. The van der Waals surface area contributed by atoms with Crippen LogP contribution in [0.1, 0.15) is 39.5 Å². The van der Waals surface area contributed by atoms with Gasteiger partial charge in [0.1, 0.15) is 0 Å². The van der Waals surface area contributed by atoms with Crippen molar-refractivity contribution in [1.82, 2.24) is 4.90 Å². The highest BCUT2D eigenvalue weighted by Gasteiger charge is 2.37. The Morgan fingerprint density at radius 3 is 2.12 bits per heavy atom. The van der Waals surface area contributed by atoms with Crippen molar-refractivity contribution in [3.8, 4) is 0 Å². The maximum absolute atomic E-state index is 10.8. The lowest BCUT2D eigenvalue weighted by Crippen LogP contribution is -2.53. The maximum Gasteiger partial charge on any atom is 0.306 e. The number of carbonyl (C=O) groups is 1. The normalized spacial score (nSPS) is 32.7. The first-order chi connectivity index (χ1) is 7.58. The van der Waals surface area contributed by atoms with Gasteiger partial charge < -0.3 is 10.0 Å². The van der Waals surface area contributed by atoms with Crippen LogP contribution in [-0.4, -0.2) is 35.1 Å². The summed E-state index contributed by atoms with van der Waals surface area (Å²) in [7, 11) is 0. The highest BCUT2D eigenvalue weighted by molar-refractivity contribution is 5.69. The van der Waals surface area contributed by atoms with Gasteiger partial charge >= 0.3 is 5.97 Å². The molecule has 1 aliphatic heterocycles. The number of hydrogen-bond acceptors (Lipinski definition) is 2. The average Bonchev–Trinajstić information content (AvgIpc) is 2.15. The van der Waals surface area contributed by atoms with Crippen molar-refractivity contribution < 1.29 is 9.90 Å². The van der Waals surface area contributed by atoms with Crippen LogP contribution < -0.4 is 0 Å². The molecule has 1 heterocycles. The first-order valence-electron chi connectivity index (χ1n) is 6.54. The fourth-order valence-corrected chi connectivity index (χ4v) is 3.11. The van der Waals surface area contributed by atoms with E-state index in [9.17, 15) is 4.79 Å². The van der Waals surface area contributed by atoms with Gasteiger partial charge in [-0.3, -0.25) is 4.79 Å². The Labute approximate surface area is 97.8 Å². The van der Waals surface area contributed by atoms with Gasteiger partial charge in [0.05, 0.1) is 5.92 Å². The monoisotopic (exact) mass is 225 g/mol. The van der Waals surface area contributed by atoms with Gasteiger partial charge in [0.25, 0.3) is 0 Å². The smallest absolute Gasteiger partial charge is 0.306 e. The molecule has 1 N–H and O–H groups in total. The van der Waals surface area contributed by atoms with Crippen molar-refractivity contribution in [3.63, 3.8) is 0 Å². The molecule has 3 nitrogen and oxygen atoms in total. The van der Waals surface area contributed by atoms with Crippen LogP contribution in [0.25, 0.3) is 0 Å². The Bertz CT molecular complexity index is 251. The summed E-state index contributed by atoms with van der Waals surface area (Å²) in [4.78, 5) is 13.4. The zero-order chi connectivity index (χ0) is 11.7. The van der Waals surface area contributed by atoms with E-state index in [0.29, 0.717) is 6.04 Å². The molecular weight excluding hydrogens is 202 g/mol. The van der Waals surface area contributed by atoms with Crippen LogP contribution in [0.4, 0.5) is 0 Å². The standard InChI is InChI=1S/C13H23NO2/c1-9(2)14-7-12(8-14)10-3-5-11(6-4-10)13(15)16/h9-12H,3-8H2,1-2H3,(H,15,16). The summed E-state index contributed by atoms with van der Waals surface area (Å²) < 4.78 is 0. The van der Waals surface area contributed by atoms with E-state index in [1.165, 1.54) is 13.1 Å². The number of rotatable bonds is 3. The lowest BCUT2D eigenvalue weighted by atomic mass is 9.73. The summed E-state index contributed by atoms with van der Waals surface area (Å²) >= 11 is 0. The van der Waals surface area contributed by atoms with E-state index in [1.807, 2.05) is 0 Å². The zero-order valence-electron chi connectivity index (χ0n) is 10.4. The van der Waals surface area contributed by atoms with E-state index in [0.717, 1.165) is 37.5 Å². The van der Waals surface area contributed by atoms with Gasteiger partial charge in [0.2, 0.25) is 0 Å². The van der Waals surface area contributed by atoms with E-state index in [2.05, 4.69) is 18.7 Å². The Balaban J connectivity index is 1.73. The van der Waals surface area contributed by atoms with E-state index in [1.54, 1.807) is 0 Å². The SMILES string of the molecule is CC(C)N1CC(C2CCC(C(=O)O)CC2)C1. The van der Waals surface area contributed by atoms with Crippen LogP contribution in [0.5, 0.6) is 0 Å². The fourth-order valence-electron chi connectivity index (χ4n) is 3.11. The minimum Gasteiger partial charge on any atom is -0.481 e. The van der Waals surface area contributed by atoms with Crippen molar-refractivity contribution in [3.05, 3.63) is 0 Å². The van der Waals surface area contributed by atoms with Gasteiger partial charge in [-0.25, -0.2) is 0 Å². The third kappa shape index (κ3) is 2.40. The van der Waals surface area contributed by atoms with E-state index < -0.39 is 5.97 Å². The average molecular weight is 225 g/mol. The third-order valence-corrected chi connectivity index (χ3v) is 4.46. The molecular formula is C13H23NO2. The molecule has 3 heteroatoms. The summed E-state index contributed by atoms with van der Waals surface area (Å²) in [5, 5.41) is 8.94. The lowest BCUT2D eigenvalue weighted by molar-refractivity contribution is -0.143. The first kappa shape index (κ1) is 11.9. The molecule has 2 rings (SSSR count). The molecule has 0 unspecified atom stereocenters. The highest BCUT2D eigenvalue weighted by atomic mass is 16.4. The van der Waals surface area contributed by atoms with Crippen molar-refractivity contribution in [1.29, 1.82) is 0 Å². The highest BCUT2D eigenvalue weighted by Crippen LogP contribution is 2.37. The molecule has 1 aliphatic carbocycles. The van der Waals surface area contributed by atoms with Crippen molar-refractivity contribution in [2.45, 2.75) is 45.6 Å². The van der Waals surface area contributed by atoms with Crippen LogP contribution >= 0.6 is 0 Å². The van der Waals surface area contributed by atoms with Gasteiger partial charge in [-0.15, -0.1) is 0 Å². The second kappa shape index (κ2) is 4.74. The molecule has 0 spiro atoms. The summed E-state index contributed by atoms with van der Waals surface area (Å²) in [6.07, 6.45) is 4.07. The Hall–Kier alpha value is -0.570. The minimum absolute atomic E-state index is 0.0578. The molecule has 0 bridgehead atoms. The summed E-state index contributed by atoms with van der Waals surface area (Å²) in [6.45, 7) is 6.97. The van der Waals surface area contributed by atoms with Gasteiger partial charge in [-0.05, 0) is 51.4 Å². The minimum atomic E-state index is -0.587. The molecule has 0 aromatic rings. The van der Waals surface area contributed by atoms with E-state index in [-0.39, 0.29) is 5.92 Å². The van der Waals surface area contributed by atoms with E-state index >= 15 is 0 Å². The van der Waals surface area contributed by atoms with Gasteiger partial charge in [-0.1, -0.05) is 0 Å². The number of carboxylic acids is 1. The Kier molecular flexibility index (Phi) is 3.53. The molecule has 0 aromatic carbocycles. The quantitative estimate of drug-likeness (QED) is 0.800. The second-order valence-corrected chi connectivity index (χ2v) is 5.76. The largest absolute Gasteiger partial charge is 0.481 e. The molecule has 0 amide bonds. The number of aliphatic carboxylic acids is 1. The third-order valence-electron chi connectivity index (χ3n) is 4.46. The van der Waals surface area contributed by atoms with Crippen molar-refractivity contribution in [2.75, 3.05) is 13.1 Å². The van der Waals surface area contributed by atoms with Gasteiger partial charge in [0.15, 0.2) is 0 Å². The summed E-state index contributed by atoms with van der Waals surface area (Å²) in [5.74, 6) is 0.996. The topological polar surface area (TPSA) is 40.5 Å². The first-order valence-corrected chi connectivity index (χ1v) is 6.54. The summed E-state index contributed by atoms with van der Waals surface area (Å²) in [6, 6.07) is 0.673. The molecule has 1 saturated heterocycles. The Morgan fingerprint density at radius 2 is 1.69 bits per heavy atom. The number of hydrogen-bond donors (Lipinski definition) is 1. The summed E-state index contributed by atoms with van der Waals surface area (Å²) in [5.41, 5.74) is 0. The second-order valence-electron chi connectivity index (χ2n) is 5.76. The maximum atomic E-state index is 10.8. The molecule has 0 atom stereocenters. The van der Waals surface area contributed by atoms with Crippen LogP contribution in [0.2, 0.25) is 0 Å². The van der Waals surface area contributed by atoms with E-state index in [4.69, 9.17) is 5.11 Å². The predicted molar refractivity (Wildman–Crippen MR) is 63.3 cm³/mol. The molecule has 0 aromatic heterocycles. The van der Waals surface area contributed by atoms with Crippen LogP contribution in [0.3, 0.4) is 0 Å². The zero-order valence-corrected chi connectivity index (χ0v) is 10.4. The van der Waals surface area contributed by atoms with Crippen LogP contribution in [0.15, 0.2) is 0 Å².